The highest BCUT2D eigenvalue weighted by Gasteiger charge is 2.53. The number of thioether (sulfide) groups is 1. The molecule has 2 aliphatic rings. The molecule has 0 saturated carbocycles. The number of hydrogen-bond acceptors (Lipinski definition) is 7. The second kappa shape index (κ2) is 12.8. The Labute approximate surface area is 231 Å². The maximum absolute atomic E-state index is 13.7. The molecule has 0 radical (unpaired) electrons. The third-order valence-electron chi connectivity index (χ3n) is 7.30. The first kappa shape index (κ1) is 28.1. The highest BCUT2D eigenvalue weighted by Crippen LogP contribution is 2.48. The minimum atomic E-state index is -0.763. The molecule has 0 aliphatic carbocycles. The zero-order valence-electron chi connectivity index (χ0n) is 21.7. The minimum Gasteiger partial charge on any atom is -0.370 e. The van der Waals surface area contributed by atoms with Gasteiger partial charge in [0.05, 0.1) is 10.9 Å². The smallest absolute Gasteiger partial charge is 0.244 e. The van der Waals surface area contributed by atoms with Crippen LogP contribution in [0.5, 0.6) is 0 Å². The number of guanidine groups is 1. The average Bonchev–Trinajstić information content (AvgIpc) is 3.56. The number of benzene rings is 1. The monoisotopic (exact) mass is 556 g/mol. The second-order valence-electron chi connectivity index (χ2n) is 10.0. The Bertz CT molecular complexity index is 1140. The molecule has 2 aliphatic heterocycles. The van der Waals surface area contributed by atoms with Gasteiger partial charge in [0.1, 0.15) is 6.04 Å². The van der Waals surface area contributed by atoms with Crippen LogP contribution in [0.1, 0.15) is 60.8 Å². The van der Waals surface area contributed by atoms with Gasteiger partial charge in [-0.25, -0.2) is 4.98 Å². The number of rotatable bonds is 12. The molecule has 5 N–H and O–H groups in total. The highest BCUT2D eigenvalue weighted by molar-refractivity contribution is 8.00. The molecule has 11 heteroatoms. The molecular formula is C27H36N6O3S2. The molecule has 4 atom stereocenters. The number of nitrogens with zero attached hydrogens (tertiary/aromatic N) is 3. The van der Waals surface area contributed by atoms with E-state index in [1.807, 2.05) is 18.2 Å². The van der Waals surface area contributed by atoms with Crippen molar-refractivity contribution in [2.45, 2.75) is 68.8 Å². The summed E-state index contributed by atoms with van der Waals surface area (Å²) in [5, 5.41) is 5.02. The Balaban J connectivity index is 1.41. The Morgan fingerprint density at radius 2 is 2.05 bits per heavy atom. The summed E-state index contributed by atoms with van der Waals surface area (Å²) in [6.07, 6.45) is 6.80. The lowest BCUT2D eigenvalue weighted by molar-refractivity contribution is -0.149. The van der Waals surface area contributed by atoms with Gasteiger partial charge in [0, 0.05) is 29.8 Å². The fourth-order valence-electron chi connectivity index (χ4n) is 5.27. The summed E-state index contributed by atoms with van der Waals surface area (Å²) >= 11 is 2.89. The highest BCUT2D eigenvalue weighted by atomic mass is 32.2. The summed E-state index contributed by atoms with van der Waals surface area (Å²) in [7, 11) is 0. The van der Waals surface area contributed by atoms with Crippen molar-refractivity contribution < 1.29 is 14.4 Å². The Morgan fingerprint density at radius 1 is 1.26 bits per heavy atom. The number of ketones is 1. The Morgan fingerprint density at radius 3 is 2.76 bits per heavy atom. The number of aromatic nitrogens is 1. The number of Topliss-reactive ketones (excluding diaryl/α,β-unsaturated/α-hetero) is 1. The van der Waals surface area contributed by atoms with E-state index in [4.69, 9.17) is 11.5 Å². The number of aryl methyl sites for hydroxylation is 1. The first-order valence-corrected chi connectivity index (χ1v) is 15.0. The van der Waals surface area contributed by atoms with Gasteiger partial charge in [0.15, 0.2) is 11.0 Å². The van der Waals surface area contributed by atoms with Gasteiger partial charge < -0.3 is 21.7 Å². The summed E-state index contributed by atoms with van der Waals surface area (Å²) in [5.74, 6) is -0.0788. The van der Waals surface area contributed by atoms with E-state index in [2.05, 4.69) is 34.3 Å². The van der Waals surface area contributed by atoms with E-state index >= 15 is 0 Å². The molecule has 1 aromatic heterocycles. The van der Waals surface area contributed by atoms with Crippen LogP contribution in [0, 0.1) is 5.92 Å². The lowest BCUT2D eigenvalue weighted by Crippen LogP contribution is -2.59. The van der Waals surface area contributed by atoms with Gasteiger partial charge in [0.2, 0.25) is 17.6 Å². The average molecular weight is 557 g/mol. The molecule has 9 nitrogen and oxygen atoms in total. The number of carbonyl (C=O) groups excluding carboxylic acids is 3. The number of hydrogen-bond donors (Lipinski definition) is 3. The molecule has 2 saturated heterocycles. The molecule has 4 rings (SSSR count). The van der Waals surface area contributed by atoms with Crippen molar-refractivity contribution >= 4 is 46.7 Å². The van der Waals surface area contributed by atoms with Crippen LogP contribution < -0.4 is 16.8 Å². The predicted molar refractivity (Wildman–Crippen MR) is 152 cm³/mol. The molecular weight excluding hydrogens is 520 g/mol. The number of nitrogens with two attached hydrogens (primary N) is 2. The van der Waals surface area contributed by atoms with Crippen LogP contribution in [0.15, 0.2) is 46.9 Å². The van der Waals surface area contributed by atoms with E-state index in [0.717, 1.165) is 32.1 Å². The van der Waals surface area contributed by atoms with Crippen molar-refractivity contribution in [3.8, 4) is 0 Å². The van der Waals surface area contributed by atoms with Gasteiger partial charge >= 0.3 is 0 Å². The van der Waals surface area contributed by atoms with Gasteiger partial charge in [-0.1, -0.05) is 30.3 Å². The predicted octanol–water partition coefficient (Wildman–Crippen LogP) is 2.96. The Hall–Kier alpha value is -2.92. The van der Waals surface area contributed by atoms with Gasteiger partial charge in [-0.2, -0.15) is 0 Å². The summed E-state index contributed by atoms with van der Waals surface area (Å²) in [6, 6.07) is 8.91. The lowest BCUT2D eigenvalue weighted by Gasteiger charge is -2.44. The van der Waals surface area contributed by atoms with Crippen molar-refractivity contribution in [1.29, 1.82) is 0 Å². The maximum Gasteiger partial charge on any atom is 0.244 e. The van der Waals surface area contributed by atoms with Crippen molar-refractivity contribution in [2.24, 2.45) is 22.4 Å². The number of fused-ring (bicyclic) bond motifs is 1. The van der Waals surface area contributed by atoms with E-state index in [1.165, 1.54) is 16.9 Å². The fraction of sp³-hybridized carbons (Fsp3) is 0.519. The minimum absolute atomic E-state index is 0.0129. The first-order valence-electron chi connectivity index (χ1n) is 13.1. The molecule has 2 amide bonds. The van der Waals surface area contributed by atoms with Crippen LogP contribution >= 0.6 is 23.1 Å². The van der Waals surface area contributed by atoms with E-state index < -0.39 is 17.0 Å². The largest absolute Gasteiger partial charge is 0.370 e. The van der Waals surface area contributed by atoms with Crippen LogP contribution in [-0.2, 0) is 16.0 Å². The topological polar surface area (TPSA) is 144 Å². The molecule has 38 heavy (non-hydrogen) atoms. The molecule has 0 spiro atoms. The number of thiazole rings is 1. The van der Waals surface area contributed by atoms with E-state index in [0.29, 0.717) is 30.1 Å². The number of aliphatic imine (C=N–C) groups is 1. The van der Waals surface area contributed by atoms with Gasteiger partial charge in [-0.15, -0.1) is 23.1 Å². The van der Waals surface area contributed by atoms with E-state index in [1.54, 1.807) is 28.2 Å². The second-order valence-corrected chi connectivity index (χ2v) is 12.4. The molecule has 1 aromatic carbocycles. The van der Waals surface area contributed by atoms with Crippen LogP contribution in [0.25, 0.3) is 0 Å². The fourth-order valence-corrected chi connectivity index (χ4v) is 7.33. The van der Waals surface area contributed by atoms with Gasteiger partial charge in [-0.05, 0) is 57.4 Å². The third-order valence-corrected chi connectivity index (χ3v) is 9.59. The van der Waals surface area contributed by atoms with Crippen LogP contribution in [0.2, 0.25) is 0 Å². The van der Waals surface area contributed by atoms with E-state index in [-0.39, 0.29) is 29.5 Å². The lowest BCUT2D eigenvalue weighted by atomic mass is 9.87. The number of piperidine rings is 1. The molecule has 2 aromatic rings. The first-order chi connectivity index (χ1) is 18.3. The molecule has 3 heterocycles. The normalized spacial score (nSPS) is 23.5. The molecule has 0 bridgehead atoms. The Kier molecular flexibility index (Phi) is 9.43. The summed E-state index contributed by atoms with van der Waals surface area (Å²) < 4.78 is 0. The number of carbonyl (C=O) groups is 3. The van der Waals surface area contributed by atoms with Gasteiger partial charge in [-0.3, -0.25) is 19.4 Å². The quantitative estimate of drug-likeness (QED) is 0.158. The van der Waals surface area contributed by atoms with Crippen LogP contribution in [0.4, 0.5) is 0 Å². The van der Waals surface area contributed by atoms with Crippen molar-refractivity contribution in [3.05, 3.63) is 52.5 Å². The summed E-state index contributed by atoms with van der Waals surface area (Å²) in [5.41, 5.74) is 12.1. The molecule has 0 unspecified atom stereocenters. The number of amides is 2. The molecule has 2 fully saturated rings. The standard InChI is InChI=1S/C27H36N6O3S2/c1-27-13-12-19(10-5-9-18-7-3-2-4-8-18)25(36)33(27)21(17-38-27)23(35)32-20(11-6-14-31-26(28)29)22(34)24-30-15-16-37-24/h2-4,7-8,15-16,19-21H,5-6,9-14,17H2,1H3,(H,32,35)(H4,28,29,31)/t19-,20+,21+,27+/m1/s1. The SMILES string of the molecule is C[C@]12CC[C@@H](CCCc3ccccc3)C(=O)N1[C@H](C(=O)N[C@@H](CCCN=C(N)N)C(=O)c1nccs1)CS2. The number of nitrogens with one attached hydrogen (secondary N) is 1. The third kappa shape index (κ3) is 6.74. The zero-order chi connectivity index (χ0) is 27.1. The van der Waals surface area contributed by atoms with Crippen molar-refractivity contribution in [3.63, 3.8) is 0 Å². The van der Waals surface area contributed by atoms with Crippen molar-refractivity contribution in [2.75, 3.05) is 12.3 Å². The van der Waals surface area contributed by atoms with Crippen molar-refractivity contribution in [1.82, 2.24) is 15.2 Å². The van der Waals surface area contributed by atoms with E-state index in [9.17, 15) is 14.4 Å². The maximum atomic E-state index is 13.7. The summed E-state index contributed by atoms with van der Waals surface area (Å²) in [6.45, 7) is 2.41. The van der Waals surface area contributed by atoms with Crippen LogP contribution in [0.3, 0.4) is 0 Å². The summed E-state index contributed by atoms with van der Waals surface area (Å²) in [4.78, 5) is 49.9. The zero-order valence-corrected chi connectivity index (χ0v) is 23.3. The van der Waals surface area contributed by atoms with Gasteiger partial charge in [0.25, 0.3) is 0 Å². The van der Waals surface area contributed by atoms with Crippen LogP contribution in [-0.4, -0.2) is 62.7 Å². The molecule has 204 valence electrons.